The zero-order valence-corrected chi connectivity index (χ0v) is 13.5. The standard InChI is InChI=1S/C18H15FS2/c1-20-16-9-5-8-14(18(16)21-2)17-13-7-4-3-6-12(13)10-11-15(17)19/h3-11H,1-2H3. The maximum Gasteiger partial charge on any atom is 0.131 e. The summed E-state index contributed by atoms with van der Waals surface area (Å²) in [4.78, 5) is 2.33. The highest BCUT2D eigenvalue weighted by atomic mass is 32.2. The molecule has 0 radical (unpaired) electrons. The van der Waals surface area contributed by atoms with E-state index in [0.717, 1.165) is 21.2 Å². The summed E-state index contributed by atoms with van der Waals surface area (Å²) in [7, 11) is 0. The van der Waals surface area contributed by atoms with Gasteiger partial charge >= 0.3 is 0 Å². The molecule has 0 saturated heterocycles. The van der Waals surface area contributed by atoms with Gasteiger partial charge in [-0.15, -0.1) is 23.5 Å². The van der Waals surface area contributed by atoms with Crippen LogP contribution in [0.4, 0.5) is 4.39 Å². The van der Waals surface area contributed by atoms with Crippen LogP contribution in [0, 0.1) is 5.82 Å². The molecular formula is C18H15FS2. The minimum absolute atomic E-state index is 0.165. The van der Waals surface area contributed by atoms with Crippen molar-refractivity contribution in [2.45, 2.75) is 9.79 Å². The van der Waals surface area contributed by atoms with E-state index in [0.29, 0.717) is 5.56 Å². The van der Waals surface area contributed by atoms with E-state index in [1.807, 2.05) is 48.7 Å². The van der Waals surface area contributed by atoms with Gasteiger partial charge in [0.1, 0.15) is 5.82 Å². The highest BCUT2D eigenvalue weighted by Gasteiger charge is 2.15. The van der Waals surface area contributed by atoms with Gasteiger partial charge in [-0.3, -0.25) is 0 Å². The van der Waals surface area contributed by atoms with Gasteiger partial charge in [-0.05, 0) is 41.0 Å². The lowest BCUT2D eigenvalue weighted by atomic mass is 9.97. The summed E-state index contributed by atoms with van der Waals surface area (Å²) in [6.07, 6.45) is 4.10. The largest absolute Gasteiger partial charge is 0.206 e. The molecule has 0 spiro atoms. The van der Waals surface area contributed by atoms with Crippen molar-refractivity contribution in [3.63, 3.8) is 0 Å². The fourth-order valence-electron chi connectivity index (χ4n) is 2.60. The summed E-state index contributed by atoms with van der Waals surface area (Å²) >= 11 is 3.37. The molecule has 3 heteroatoms. The third-order valence-corrected chi connectivity index (χ3v) is 5.31. The summed E-state index contributed by atoms with van der Waals surface area (Å²) in [5, 5.41) is 2.03. The van der Waals surface area contributed by atoms with Crippen molar-refractivity contribution in [3.8, 4) is 11.1 Å². The first-order valence-electron chi connectivity index (χ1n) is 6.65. The lowest BCUT2D eigenvalue weighted by Crippen LogP contribution is -1.91. The molecule has 106 valence electrons. The van der Waals surface area contributed by atoms with Crippen molar-refractivity contribution in [3.05, 3.63) is 60.4 Å². The predicted molar refractivity (Wildman–Crippen MR) is 92.9 cm³/mol. The van der Waals surface area contributed by atoms with Gasteiger partial charge in [-0.2, -0.15) is 0 Å². The number of halogens is 1. The number of hydrogen-bond donors (Lipinski definition) is 0. The number of benzene rings is 3. The average Bonchev–Trinajstić information content (AvgIpc) is 2.54. The van der Waals surface area contributed by atoms with Gasteiger partial charge in [0.15, 0.2) is 0 Å². The molecule has 3 aromatic carbocycles. The SMILES string of the molecule is CSc1cccc(-c2c(F)ccc3ccccc23)c1SC. The van der Waals surface area contributed by atoms with Crippen molar-refractivity contribution in [1.82, 2.24) is 0 Å². The van der Waals surface area contributed by atoms with E-state index in [9.17, 15) is 4.39 Å². The van der Waals surface area contributed by atoms with E-state index in [2.05, 4.69) is 12.3 Å². The first-order valence-corrected chi connectivity index (χ1v) is 9.10. The van der Waals surface area contributed by atoms with Crippen LogP contribution in [-0.2, 0) is 0 Å². The van der Waals surface area contributed by atoms with Crippen LogP contribution < -0.4 is 0 Å². The van der Waals surface area contributed by atoms with Gasteiger partial charge in [-0.1, -0.05) is 42.5 Å². The van der Waals surface area contributed by atoms with E-state index in [1.165, 1.54) is 4.90 Å². The van der Waals surface area contributed by atoms with Gasteiger partial charge in [-0.25, -0.2) is 4.39 Å². The topological polar surface area (TPSA) is 0 Å². The third kappa shape index (κ3) is 2.56. The summed E-state index contributed by atoms with van der Waals surface area (Å²) in [5.41, 5.74) is 1.68. The second kappa shape index (κ2) is 6.12. The van der Waals surface area contributed by atoms with Crippen LogP contribution in [0.1, 0.15) is 0 Å². The monoisotopic (exact) mass is 314 g/mol. The Morgan fingerprint density at radius 1 is 0.810 bits per heavy atom. The summed E-state index contributed by atoms with van der Waals surface area (Å²) in [6.45, 7) is 0. The number of hydrogen-bond acceptors (Lipinski definition) is 2. The van der Waals surface area contributed by atoms with Gasteiger partial charge in [0.2, 0.25) is 0 Å². The molecule has 0 amide bonds. The Morgan fingerprint density at radius 2 is 1.62 bits per heavy atom. The van der Waals surface area contributed by atoms with Gasteiger partial charge in [0.05, 0.1) is 0 Å². The highest BCUT2D eigenvalue weighted by molar-refractivity contribution is 8.01. The third-order valence-electron chi connectivity index (χ3n) is 3.55. The second-order valence-electron chi connectivity index (χ2n) is 4.68. The van der Waals surface area contributed by atoms with Crippen molar-refractivity contribution in [2.24, 2.45) is 0 Å². The zero-order valence-electron chi connectivity index (χ0n) is 11.9. The predicted octanol–water partition coefficient (Wildman–Crippen LogP) is 6.09. The van der Waals surface area contributed by atoms with E-state index in [1.54, 1.807) is 29.6 Å². The molecule has 0 heterocycles. The Balaban J connectivity index is 2.38. The van der Waals surface area contributed by atoms with E-state index < -0.39 is 0 Å². The summed E-state index contributed by atoms with van der Waals surface area (Å²) < 4.78 is 14.5. The summed E-state index contributed by atoms with van der Waals surface area (Å²) in [5.74, 6) is -0.165. The molecule has 0 aromatic heterocycles. The molecular weight excluding hydrogens is 299 g/mol. The minimum atomic E-state index is -0.165. The summed E-state index contributed by atoms with van der Waals surface area (Å²) in [6, 6.07) is 17.5. The molecule has 0 nitrogen and oxygen atoms in total. The molecule has 0 aliphatic rings. The molecule has 3 rings (SSSR count). The number of thioether (sulfide) groups is 2. The van der Waals surface area contributed by atoms with E-state index >= 15 is 0 Å². The molecule has 0 fully saturated rings. The van der Waals surface area contributed by atoms with Gasteiger partial charge in [0.25, 0.3) is 0 Å². The average molecular weight is 314 g/mol. The highest BCUT2D eigenvalue weighted by Crippen LogP contribution is 2.40. The zero-order chi connectivity index (χ0) is 14.8. The van der Waals surface area contributed by atoms with Crippen LogP contribution in [0.5, 0.6) is 0 Å². The fraction of sp³-hybridized carbons (Fsp3) is 0.111. The Hall–Kier alpha value is -1.45. The molecule has 0 aliphatic heterocycles. The van der Waals surface area contributed by atoms with E-state index in [-0.39, 0.29) is 5.82 Å². The lowest BCUT2D eigenvalue weighted by molar-refractivity contribution is 0.632. The van der Waals surface area contributed by atoms with Crippen LogP contribution in [0.2, 0.25) is 0 Å². The second-order valence-corrected chi connectivity index (χ2v) is 6.35. The fourth-order valence-corrected chi connectivity index (χ4v) is 4.27. The molecule has 21 heavy (non-hydrogen) atoms. The van der Waals surface area contributed by atoms with E-state index in [4.69, 9.17) is 0 Å². The van der Waals surface area contributed by atoms with Crippen molar-refractivity contribution in [1.29, 1.82) is 0 Å². The van der Waals surface area contributed by atoms with Crippen LogP contribution in [-0.4, -0.2) is 12.5 Å². The van der Waals surface area contributed by atoms with Gasteiger partial charge in [0, 0.05) is 15.4 Å². The molecule has 0 bridgehead atoms. The first-order chi connectivity index (χ1) is 10.3. The van der Waals surface area contributed by atoms with Crippen molar-refractivity contribution >= 4 is 34.3 Å². The van der Waals surface area contributed by atoms with Crippen molar-refractivity contribution in [2.75, 3.05) is 12.5 Å². The quantitative estimate of drug-likeness (QED) is 0.536. The molecule has 0 aliphatic carbocycles. The molecule has 0 atom stereocenters. The molecule has 0 saturated carbocycles. The molecule has 3 aromatic rings. The van der Waals surface area contributed by atoms with Crippen LogP contribution in [0.25, 0.3) is 21.9 Å². The maximum atomic E-state index is 14.5. The van der Waals surface area contributed by atoms with Gasteiger partial charge < -0.3 is 0 Å². The van der Waals surface area contributed by atoms with Crippen LogP contribution in [0.3, 0.4) is 0 Å². The van der Waals surface area contributed by atoms with Crippen LogP contribution >= 0.6 is 23.5 Å². The minimum Gasteiger partial charge on any atom is -0.206 e. The Morgan fingerprint density at radius 3 is 2.38 bits per heavy atom. The normalized spacial score (nSPS) is 11.0. The molecule has 0 N–H and O–H groups in total. The Kier molecular flexibility index (Phi) is 4.22. The number of fused-ring (bicyclic) bond motifs is 1. The first kappa shape index (κ1) is 14.5. The maximum absolute atomic E-state index is 14.5. The number of rotatable bonds is 3. The van der Waals surface area contributed by atoms with Crippen molar-refractivity contribution < 1.29 is 4.39 Å². The Bertz CT molecular complexity index is 796. The lowest BCUT2D eigenvalue weighted by Gasteiger charge is -2.14. The smallest absolute Gasteiger partial charge is 0.131 e. The molecule has 0 unspecified atom stereocenters. The Labute approximate surface area is 132 Å². The van der Waals surface area contributed by atoms with Crippen LogP contribution in [0.15, 0.2) is 64.4 Å².